The summed E-state index contributed by atoms with van der Waals surface area (Å²) in [7, 11) is 1.62. The summed E-state index contributed by atoms with van der Waals surface area (Å²) in [5, 5.41) is 6.99. The fourth-order valence-electron chi connectivity index (χ4n) is 3.14. The molecule has 0 aliphatic heterocycles. The minimum Gasteiger partial charge on any atom is -0.497 e. The van der Waals surface area contributed by atoms with Gasteiger partial charge in [0.25, 0.3) is 5.91 Å². The van der Waals surface area contributed by atoms with E-state index in [-0.39, 0.29) is 11.7 Å². The third kappa shape index (κ3) is 4.78. The molecule has 156 valence electrons. The van der Waals surface area contributed by atoms with Gasteiger partial charge in [-0.1, -0.05) is 12.1 Å². The van der Waals surface area contributed by atoms with E-state index in [1.807, 2.05) is 48.5 Å². The molecule has 7 heteroatoms. The summed E-state index contributed by atoms with van der Waals surface area (Å²) >= 11 is 0. The van der Waals surface area contributed by atoms with Crippen LogP contribution in [0.5, 0.6) is 5.75 Å². The van der Waals surface area contributed by atoms with Crippen LogP contribution in [0.3, 0.4) is 0 Å². The number of para-hydroxylation sites is 1. The summed E-state index contributed by atoms with van der Waals surface area (Å²) < 4.78 is 18.2. The van der Waals surface area contributed by atoms with E-state index in [0.717, 1.165) is 22.2 Å². The van der Waals surface area contributed by atoms with Gasteiger partial charge in [-0.05, 0) is 60.7 Å². The number of benzene rings is 3. The summed E-state index contributed by atoms with van der Waals surface area (Å²) in [6.07, 6.45) is 0. The molecule has 1 aromatic heterocycles. The van der Waals surface area contributed by atoms with E-state index >= 15 is 0 Å². The van der Waals surface area contributed by atoms with Gasteiger partial charge < -0.3 is 15.4 Å². The zero-order chi connectivity index (χ0) is 21.6. The first kappa shape index (κ1) is 20.3. The van der Waals surface area contributed by atoms with Crippen LogP contribution in [0.4, 0.5) is 10.2 Å². The molecule has 6 nitrogen and oxygen atoms in total. The van der Waals surface area contributed by atoms with Gasteiger partial charge in [0.05, 0.1) is 12.6 Å². The first-order valence-corrected chi connectivity index (χ1v) is 9.83. The van der Waals surface area contributed by atoms with E-state index in [9.17, 15) is 9.18 Å². The normalized spacial score (nSPS) is 10.6. The molecule has 1 amide bonds. The average molecular weight is 416 g/mol. The maximum Gasteiger partial charge on any atom is 0.251 e. The van der Waals surface area contributed by atoms with Crippen molar-refractivity contribution in [3.63, 3.8) is 0 Å². The smallest absolute Gasteiger partial charge is 0.251 e. The molecule has 4 rings (SSSR count). The second-order valence-electron chi connectivity index (χ2n) is 6.83. The Hall–Kier alpha value is -4.00. The summed E-state index contributed by atoms with van der Waals surface area (Å²) in [4.78, 5) is 21.5. The fourth-order valence-corrected chi connectivity index (χ4v) is 3.14. The SMILES string of the molecule is COc1ccc(-c2nc(NCCNC(=O)c3ccc(F)cc3)c3ccccc3n2)cc1. The second-order valence-corrected chi connectivity index (χ2v) is 6.83. The number of fused-ring (bicyclic) bond motifs is 1. The monoisotopic (exact) mass is 416 g/mol. The van der Waals surface area contributed by atoms with Gasteiger partial charge in [-0.25, -0.2) is 14.4 Å². The van der Waals surface area contributed by atoms with Crippen molar-refractivity contribution >= 4 is 22.6 Å². The van der Waals surface area contributed by atoms with E-state index in [1.165, 1.54) is 24.3 Å². The molecule has 0 aliphatic rings. The molecule has 0 fully saturated rings. The Bertz CT molecular complexity index is 1190. The summed E-state index contributed by atoms with van der Waals surface area (Å²) in [5.41, 5.74) is 2.11. The number of amides is 1. The maximum absolute atomic E-state index is 13.0. The number of rotatable bonds is 7. The third-order valence-corrected chi connectivity index (χ3v) is 4.76. The highest BCUT2D eigenvalue weighted by Gasteiger charge is 2.10. The highest BCUT2D eigenvalue weighted by atomic mass is 19.1. The van der Waals surface area contributed by atoms with Crippen LogP contribution in [0.1, 0.15) is 10.4 Å². The minimum absolute atomic E-state index is 0.256. The molecule has 31 heavy (non-hydrogen) atoms. The zero-order valence-corrected chi connectivity index (χ0v) is 16.9. The standard InChI is InChI=1S/C24H21FN4O2/c1-31-19-12-8-16(9-13-19)22-28-21-5-3-2-4-20(21)23(29-22)26-14-15-27-24(30)17-6-10-18(25)11-7-17/h2-13H,14-15H2,1H3,(H,27,30)(H,26,28,29). The van der Waals surface area contributed by atoms with Crippen LogP contribution in [0.2, 0.25) is 0 Å². The Labute approximate surface area is 179 Å². The number of halogens is 1. The van der Waals surface area contributed by atoms with Crippen LogP contribution in [-0.4, -0.2) is 36.1 Å². The van der Waals surface area contributed by atoms with Crippen molar-refractivity contribution in [3.05, 3.63) is 84.2 Å². The molecular formula is C24H21FN4O2. The number of nitrogens with one attached hydrogen (secondary N) is 2. The molecule has 4 aromatic rings. The number of nitrogens with zero attached hydrogens (tertiary/aromatic N) is 2. The van der Waals surface area contributed by atoms with Gasteiger partial charge in [-0.2, -0.15) is 0 Å². The number of hydrogen-bond donors (Lipinski definition) is 2. The van der Waals surface area contributed by atoms with Crippen molar-refractivity contribution in [1.82, 2.24) is 15.3 Å². The largest absolute Gasteiger partial charge is 0.497 e. The molecule has 0 spiro atoms. The summed E-state index contributed by atoms with van der Waals surface area (Å²) in [6, 6.07) is 20.7. The summed E-state index contributed by atoms with van der Waals surface area (Å²) in [5.74, 6) is 1.42. The first-order chi connectivity index (χ1) is 15.1. The van der Waals surface area contributed by atoms with Crippen molar-refractivity contribution < 1.29 is 13.9 Å². The Balaban J connectivity index is 1.48. The lowest BCUT2D eigenvalue weighted by atomic mass is 10.1. The van der Waals surface area contributed by atoms with Gasteiger partial charge in [0.15, 0.2) is 5.82 Å². The molecular weight excluding hydrogens is 395 g/mol. The van der Waals surface area contributed by atoms with Gasteiger partial charge in [0.2, 0.25) is 0 Å². The number of carbonyl (C=O) groups is 1. The number of hydrogen-bond acceptors (Lipinski definition) is 5. The predicted molar refractivity (Wildman–Crippen MR) is 119 cm³/mol. The van der Waals surface area contributed by atoms with Crippen molar-refractivity contribution in [2.75, 3.05) is 25.5 Å². The van der Waals surface area contributed by atoms with Gasteiger partial charge in [-0.15, -0.1) is 0 Å². The zero-order valence-electron chi connectivity index (χ0n) is 16.9. The van der Waals surface area contributed by atoms with Gasteiger partial charge in [0.1, 0.15) is 17.4 Å². The van der Waals surface area contributed by atoms with Gasteiger partial charge in [-0.3, -0.25) is 4.79 Å². The average Bonchev–Trinajstić information content (AvgIpc) is 2.82. The number of ether oxygens (including phenoxy) is 1. The highest BCUT2D eigenvalue weighted by Crippen LogP contribution is 2.26. The van der Waals surface area contributed by atoms with Crippen LogP contribution >= 0.6 is 0 Å². The minimum atomic E-state index is -0.374. The molecule has 0 bridgehead atoms. The molecule has 2 N–H and O–H groups in total. The molecule has 3 aromatic carbocycles. The van der Waals surface area contributed by atoms with Crippen molar-refractivity contribution in [2.45, 2.75) is 0 Å². The van der Waals surface area contributed by atoms with E-state index in [2.05, 4.69) is 15.6 Å². The van der Waals surface area contributed by atoms with E-state index in [0.29, 0.717) is 30.3 Å². The van der Waals surface area contributed by atoms with Gasteiger partial charge in [0, 0.05) is 29.6 Å². The number of methoxy groups -OCH3 is 1. The van der Waals surface area contributed by atoms with Crippen LogP contribution < -0.4 is 15.4 Å². The lowest BCUT2D eigenvalue weighted by Crippen LogP contribution is -2.29. The molecule has 0 unspecified atom stereocenters. The fraction of sp³-hybridized carbons (Fsp3) is 0.125. The van der Waals surface area contributed by atoms with Crippen LogP contribution in [-0.2, 0) is 0 Å². The van der Waals surface area contributed by atoms with Gasteiger partial charge >= 0.3 is 0 Å². The molecule has 1 heterocycles. The second kappa shape index (κ2) is 9.21. The van der Waals surface area contributed by atoms with Crippen LogP contribution in [0.15, 0.2) is 72.8 Å². The molecule has 0 atom stereocenters. The molecule has 0 radical (unpaired) electrons. The Morgan fingerprint density at radius 3 is 2.42 bits per heavy atom. The predicted octanol–water partition coefficient (Wildman–Crippen LogP) is 4.29. The summed E-state index contributed by atoms with van der Waals surface area (Å²) in [6.45, 7) is 0.850. The quantitative estimate of drug-likeness (QED) is 0.440. The Kier molecular flexibility index (Phi) is 6.03. The van der Waals surface area contributed by atoms with Crippen LogP contribution in [0, 0.1) is 5.82 Å². The Morgan fingerprint density at radius 2 is 1.68 bits per heavy atom. The number of aromatic nitrogens is 2. The third-order valence-electron chi connectivity index (χ3n) is 4.76. The topological polar surface area (TPSA) is 76.1 Å². The lowest BCUT2D eigenvalue weighted by Gasteiger charge is -2.12. The maximum atomic E-state index is 13.0. The number of carbonyl (C=O) groups excluding carboxylic acids is 1. The van der Waals surface area contributed by atoms with E-state index < -0.39 is 0 Å². The highest BCUT2D eigenvalue weighted by molar-refractivity contribution is 5.94. The van der Waals surface area contributed by atoms with Crippen molar-refractivity contribution in [1.29, 1.82) is 0 Å². The lowest BCUT2D eigenvalue weighted by molar-refractivity contribution is 0.0955. The van der Waals surface area contributed by atoms with E-state index in [4.69, 9.17) is 9.72 Å². The van der Waals surface area contributed by atoms with E-state index in [1.54, 1.807) is 7.11 Å². The molecule has 0 saturated carbocycles. The first-order valence-electron chi connectivity index (χ1n) is 9.83. The van der Waals surface area contributed by atoms with Crippen LogP contribution in [0.25, 0.3) is 22.3 Å². The van der Waals surface area contributed by atoms with Crippen molar-refractivity contribution in [2.24, 2.45) is 0 Å². The molecule has 0 aliphatic carbocycles. The molecule has 0 saturated heterocycles. The number of anilines is 1. The Morgan fingerprint density at radius 1 is 0.935 bits per heavy atom. The van der Waals surface area contributed by atoms with Crippen molar-refractivity contribution in [3.8, 4) is 17.1 Å².